The molecule has 0 saturated carbocycles. The van der Waals surface area contributed by atoms with Crippen LogP contribution in [0.15, 0.2) is 30.3 Å². The molecule has 1 unspecified atom stereocenters. The van der Waals surface area contributed by atoms with Crippen molar-refractivity contribution in [1.82, 2.24) is 10.2 Å². The lowest BCUT2D eigenvalue weighted by Gasteiger charge is -2.52. The Morgan fingerprint density at radius 2 is 1.95 bits per heavy atom. The second-order valence-electron chi connectivity index (χ2n) is 6.88. The molecule has 0 radical (unpaired) electrons. The molecule has 110 valence electrons. The van der Waals surface area contributed by atoms with Gasteiger partial charge >= 0.3 is 0 Å². The van der Waals surface area contributed by atoms with Gasteiger partial charge in [0.1, 0.15) is 0 Å². The minimum Gasteiger partial charge on any atom is -0.358 e. The maximum Gasteiger partial charge on any atom is 0.0973 e. The summed E-state index contributed by atoms with van der Waals surface area (Å²) >= 11 is 0. The zero-order chi connectivity index (χ0) is 14.1. The summed E-state index contributed by atoms with van der Waals surface area (Å²) in [6, 6.07) is 10.8. The van der Waals surface area contributed by atoms with Gasteiger partial charge in [-0.1, -0.05) is 30.3 Å². The van der Waals surface area contributed by atoms with E-state index in [0.29, 0.717) is 6.73 Å². The summed E-state index contributed by atoms with van der Waals surface area (Å²) < 4.78 is 6.11. The Hall–Kier alpha value is -0.900. The number of likely N-dealkylation sites (tertiary alicyclic amines) is 1. The van der Waals surface area contributed by atoms with Gasteiger partial charge in [0.2, 0.25) is 0 Å². The van der Waals surface area contributed by atoms with E-state index in [9.17, 15) is 0 Å². The van der Waals surface area contributed by atoms with Crippen LogP contribution >= 0.6 is 0 Å². The van der Waals surface area contributed by atoms with Gasteiger partial charge in [0.25, 0.3) is 0 Å². The number of hydrogen-bond donors (Lipinski definition) is 1. The van der Waals surface area contributed by atoms with Crippen LogP contribution in [0.2, 0.25) is 0 Å². The highest BCUT2D eigenvalue weighted by molar-refractivity contribution is 5.15. The molecule has 2 fully saturated rings. The number of nitrogens with zero attached hydrogens (tertiary/aromatic N) is 1. The normalized spacial score (nSPS) is 30.5. The first-order valence-electron chi connectivity index (χ1n) is 7.73. The van der Waals surface area contributed by atoms with Crippen LogP contribution in [0.3, 0.4) is 0 Å². The maximum absolute atomic E-state index is 6.11. The van der Waals surface area contributed by atoms with Crippen LogP contribution in [0.5, 0.6) is 0 Å². The molecule has 2 saturated heterocycles. The molecule has 3 nitrogen and oxygen atoms in total. The predicted molar refractivity (Wildman–Crippen MR) is 81.5 cm³/mol. The third-order valence-electron chi connectivity index (χ3n) is 4.98. The number of benzene rings is 1. The lowest BCUT2D eigenvalue weighted by Crippen LogP contribution is -2.60. The fraction of sp³-hybridized carbons (Fsp3) is 0.647. The number of piperidine rings is 1. The summed E-state index contributed by atoms with van der Waals surface area (Å²) in [4.78, 5) is 2.61. The zero-order valence-electron chi connectivity index (χ0n) is 12.7. The van der Waals surface area contributed by atoms with Crippen LogP contribution in [0, 0.1) is 0 Å². The van der Waals surface area contributed by atoms with E-state index in [1.807, 2.05) is 0 Å². The molecule has 3 heteroatoms. The van der Waals surface area contributed by atoms with Crippen LogP contribution in [-0.2, 0) is 11.3 Å². The highest BCUT2D eigenvalue weighted by Crippen LogP contribution is 2.38. The molecule has 3 rings (SSSR count). The first-order valence-corrected chi connectivity index (χ1v) is 7.73. The van der Waals surface area contributed by atoms with Gasteiger partial charge in [-0.2, -0.15) is 0 Å². The SMILES string of the molecule is CC1(C)CCC2(CCNCO2)CN1Cc1ccccc1. The van der Waals surface area contributed by atoms with E-state index in [-0.39, 0.29) is 11.1 Å². The van der Waals surface area contributed by atoms with Crippen molar-refractivity contribution in [2.45, 2.75) is 50.8 Å². The van der Waals surface area contributed by atoms with Gasteiger partial charge < -0.3 is 4.74 Å². The highest BCUT2D eigenvalue weighted by atomic mass is 16.5. The number of ether oxygens (including phenoxy) is 1. The predicted octanol–water partition coefficient (Wildman–Crippen LogP) is 2.77. The molecule has 0 amide bonds. The van der Waals surface area contributed by atoms with Crippen molar-refractivity contribution < 1.29 is 4.74 Å². The van der Waals surface area contributed by atoms with Crippen molar-refractivity contribution in [1.29, 1.82) is 0 Å². The van der Waals surface area contributed by atoms with E-state index < -0.39 is 0 Å². The minimum atomic E-state index is 0.0789. The van der Waals surface area contributed by atoms with Crippen LogP contribution in [0.25, 0.3) is 0 Å². The van der Waals surface area contributed by atoms with Gasteiger partial charge in [-0.3, -0.25) is 10.2 Å². The van der Waals surface area contributed by atoms with Crippen molar-refractivity contribution in [3.8, 4) is 0 Å². The van der Waals surface area contributed by atoms with E-state index >= 15 is 0 Å². The van der Waals surface area contributed by atoms with Crippen molar-refractivity contribution in [3.05, 3.63) is 35.9 Å². The smallest absolute Gasteiger partial charge is 0.0973 e. The number of nitrogens with one attached hydrogen (secondary N) is 1. The Bertz CT molecular complexity index is 438. The summed E-state index contributed by atoms with van der Waals surface area (Å²) in [5.41, 5.74) is 1.73. The van der Waals surface area contributed by atoms with Crippen LogP contribution in [0.4, 0.5) is 0 Å². The fourth-order valence-electron chi connectivity index (χ4n) is 3.39. The third-order valence-corrected chi connectivity index (χ3v) is 4.98. The molecule has 2 aliphatic rings. The lowest BCUT2D eigenvalue weighted by molar-refractivity contribution is -0.146. The van der Waals surface area contributed by atoms with Crippen LogP contribution < -0.4 is 5.32 Å². The van der Waals surface area contributed by atoms with E-state index in [1.54, 1.807) is 0 Å². The molecule has 1 spiro atoms. The van der Waals surface area contributed by atoms with Crippen molar-refractivity contribution in [2.75, 3.05) is 19.8 Å². The molecule has 1 atom stereocenters. The Morgan fingerprint density at radius 1 is 1.15 bits per heavy atom. The number of rotatable bonds is 2. The summed E-state index contributed by atoms with van der Waals surface area (Å²) in [5, 5.41) is 3.30. The molecule has 0 bridgehead atoms. The summed E-state index contributed by atoms with van der Waals surface area (Å²) in [5.74, 6) is 0. The fourth-order valence-corrected chi connectivity index (χ4v) is 3.39. The van der Waals surface area contributed by atoms with Crippen molar-refractivity contribution in [3.63, 3.8) is 0 Å². The Kier molecular flexibility index (Phi) is 3.85. The van der Waals surface area contributed by atoms with Crippen LogP contribution in [-0.4, -0.2) is 35.9 Å². The monoisotopic (exact) mass is 274 g/mol. The van der Waals surface area contributed by atoms with Gasteiger partial charge in [0.05, 0.1) is 12.3 Å². The van der Waals surface area contributed by atoms with Gasteiger partial charge in [0, 0.05) is 25.2 Å². The summed E-state index contributed by atoms with van der Waals surface area (Å²) in [6.07, 6.45) is 3.53. The van der Waals surface area contributed by atoms with E-state index in [1.165, 1.54) is 18.4 Å². The van der Waals surface area contributed by atoms with Gasteiger partial charge in [-0.25, -0.2) is 0 Å². The van der Waals surface area contributed by atoms with Crippen molar-refractivity contribution in [2.24, 2.45) is 0 Å². The van der Waals surface area contributed by atoms with E-state index in [4.69, 9.17) is 4.74 Å². The third kappa shape index (κ3) is 2.90. The average Bonchev–Trinajstić information content (AvgIpc) is 2.46. The van der Waals surface area contributed by atoms with Gasteiger partial charge in [-0.15, -0.1) is 0 Å². The van der Waals surface area contributed by atoms with Crippen molar-refractivity contribution >= 4 is 0 Å². The molecule has 1 N–H and O–H groups in total. The second-order valence-corrected chi connectivity index (χ2v) is 6.88. The molecule has 0 aromatic heterocycles. The molecule has 1 aromatic carbocycles. The first-order chi connectivity index (χ1) is 9.60. The average molecular weight is 274 g/mol. The van der Waals surface area contributed by atoms with Crippen LogP contribution in [0.1, 0.15) is 38.7 Å². The Morgan fingerprint density at radius 3 is 2.65 bits per heavy atom. The minimum absolute atomic E-state index is 0.0789. The van der Waals surface area contributed by atoms with E-state index in [0.717, 1.165) is 26.1 Å². The highest BCUT2D eigenvalue weighted by Gasteiger charge is 2.44. The molecule has 2 heterocycles. The maximum atomic E-state index is 6.11. The summed E-state index contributed by atoms with van der Waals surface area (Å²) in [7, 11) is 0. The second kappa shape index (κ2) is 5.47. The molecule has 0 aliphatic carbocycles. The van der Waals surface area contributed by atoms with Gasteiger partial charge in [-0.05, 0) is 38.7 Å². The molecule has 20 heavy (non-hydrogen) atoms. The Balaban J connectivity index is 1.75. The quantitative estimate of drug-likeness (QED) is 0.897. The molecule has 2 aliphatic heterocycles. The first kappa shape index (κ1) is 14.1. The summed E-state index contributed by atoms with van der Waals surface area (Å²) in [6.45, 7) is 8.59. The molecule has 1 aromatic rings. The number of hydrogen-bond acceptors (Lipinski definition) is 3. The lowest BCUT2D eigenvalue weighted by atomic mass is 9.79. The molecular formula is C17H26N2O. The molecular weight excluding hydrogens is 248 g/mol. The topological polar surface area (TPSA) is 24.5 Å². The standard InChI is InChI=1S/C17H26N2O/c1-16(2)8-9-17(10-11-18-14-20-17)13-19(16)12-15-6-4-3-5-7-15/h3-7,18H,8-14H2,1-2H3. The zero-order valence-corrected chi connectivity index (χ0v) is 12.7. The van der Waals surface area contributed by atoms with E-state index in [2.05, 4.69) is 54.4 Å². The van der Waals surface area contributed by atoms with Gasteiger partial charge in [0.15, 0.2) is 0 Å². The Labute approximate surface area is 122 Å². The largest absolute Gasteiger partial charge is 0.358 e.